The van der Waals surface area contributed by atoms with E-state index >= 15 is 0 Å². The summed E-state index contributed by atoms with van der Waals surface area (Å²) in [6, 6.07) is 7.08. The number of aryl methyl sites for hydroxylation is 1. The molecular weight excluding hydrogens is 306 g/mol. The minimum Gasteiger partial charge on any atom is -0.421 e. The predicted molar refractivity (Wildman–Crippen MR) is 82.3 cm³/mol. The maximum atomic E-state index is 11.7. The molecular formula is C15H18ClN3O3. The van der Waals surface area contributed by atoms with E-state index in [1.165, 1.54) is 0 Å². The van der Waals surface area contributed by atoms with Gasteiger partial charge < -0.3 is 14.8 Å². The zero-order chi connectivity index (χ0) is 15.9. The van der Waals surface area contributed by atoms with Gasteiger partial charge in [0.2, 0.25) is 17.7 Å². The number of hydrogen-bond acceptors (Lipinski definition) is 5. The molecule has 1 heterocycles. The van der Waals surface area contributed by atoms with Crippen LogP contribution in [0.5, 0.6) is 0 Å². The van der Waals surface area contributed by atoms with Gasteiger partial charge in [-0.3, -0.25) is 4.79 Å². The van der Waals surface area contributed by atoms with Gasteiger partial charge in [-0.15, -0.1) is 10.2 Å². The van der Waals surface area contributed by atoms with Crippen molar-refractivity contribution in [2.75, 3.05) is 13.2 Å². The van der Waals surface area contributed by atoms with E-state index in [2.05, 4.69) is 15.5 Å². The van der Waals surface area contributed by atoms with Crippen LogP contribution in [-0.2, 0) is 11.2 Å². The number of aliphatic hydroxyl groups is 1. The fourth-order valence-electron chi connectivity index (χ4n) is 1.73. The fraction of sp³-hybridized carbons (Fsp3) is 0.400. The molecule has 1 aromatic carbocycles. The number of carbonyl (C=O) groups is 1. The summed E-state index contributed by atoms with van der Waals surface area (Å²) in [6.07, 6.45) is 0.639. The van der Waals surface area contributed by atoms with Crippen LogP contribution in [0.15, 0.2) is 28.7 Å². The van der Waals surface area contributed by atoms with Gasteiger partial charge in [-0.25, -0.2) is 0 Å². The smallest absolute Gasteiger partial charge is 0.247 e. The molecule has 2 aromatic rings. The minimum absolute atomic E-state index is 0.0452. The number of hydrogen-bond donors (Lipinski definition) is 2. The van der Waals surface area contributed by atoms with Gasteiger partial charge in [0, 0.05) is 36.6 Å². The number of halogens is 1. The van der Waals surface area contributed by atoms with Crippen molar-refractivity contribution in [3.63, 3.8) is 0 Å². The Morgan fingerprint density at radius 2 is 2.09 bits per heavy atom. The van der Waals surface area contributed by atoms with E-state index in [1.807, 2.05) is 6.92 Å². The van der Waals surface area contributed by atoms with E-state index in [-0.39, 0.29) is 24.9 Å². The molecule has 22 heavy (non-hydrogen) atoms. The summed E-state index contributed by atoms with van der Waals surface area (Å²) in [5.74, 6) is 0.756. The Labute approximate surface area is 133 Å². The molecule has 2 N–H and O–H groups in total. The Morgan fingerprint density at radius 3 is 2.77 bits per heavy atom. The van der Waals surface area contributed by atoms with Crippen molar-refractivity contribution in [2.45, 2.75) is 19.8 Å². The number of nitrogens with one attached hydrogen (secondary N) is 1. The van der Waals surface area contributed by atoms with Crippen LogP contribution in [0.2, 0.25) is 5.02 Å². The number of benzene rings is 1. The molecule has 0 saturated heterocycles. The van der Waals surface area contributed by atoms with Crippen molar-refractivity contribution in [1.82, 2.24) is 15.5 Å². The number of amides is 1. The molecule has 6 nitrogen and oxygen atoms in total. The Bertz CT molecular complexity index is 613. The molecule has 1 atom stereocenters. The molecule has 2 rings (SSSR count). The van der Waals surface area contributed by atoms with Crippen LogP contribution in [0.3, 0.4) is 0 Å². The zero-order valence-electron chi connectivity index (χ0n) is 12.3. The summed E-state index contributed by atoms with van der Waals surface area (Å²) in [4.78, 5) is 11.7. The van der Waals surface area contributed by atoms with Crippen LogP contribution in [-0.4, -0.2) is 34.4 Å². The highest BCUT2D eigenvalue weighted by Crippen LogP contribution is 2.20. The van der Waals surface area contributed by atoms with Crippen LogP contribution in [0, 0.1) is 5.92 Å². The van der Waals surface area contributed by atoms with Crippen LogP contribution in [0.25, 0.3) is 11.5 Å². The number of carbonyl (C=O) groups excluding carboxylic acids is 1. The first-order valence-electron chi connectivity index (χ1n) is 7.04. The van der Waals surface area contributed by atoms with E-state index in [0.717, 1.165) is 5.56 Å². The quantitative estimate of drug-likeness (QED) is 0.814. The summed E-state index contributed by atoms with van der Waals surface area (Å²) >= 11 is 5.82. The largest absolute Gasteiger partial charge is 0.421 e. The molecule has 0 aliphatic carbocycles. The highest BCUT2D eigenvalue weighted by atomic mass is 35.5. The van der Waals surface area contributed by atoms with Crippen molar-refractivity contribution >= 4 is 17.5 Å². The lowest BCUT2D eigenvalue weighted by molar-refractivity contribution is -0.121. The van der Waals surface area contributed by atoms with E-state index in [0.29, 0.717) is 29.8 Å². The Hall–Kier alpha value is -1.92. The van der Waals surface area contributed by atoms with Gasteiger partial charge in [0.05, 0.1) is 0 Å². The first kappa shape index (κ1) is 16.5. The van der Waals surface area contributed by atoms with Gasteiger partial charge >= 0.3 is 0 Å². The van der Waals surface area contributed by atoms with Gasteiger partial charge in [0.25, 0.3) is 0 Å². The summed E-state index contributed by atoms with van der Waals surface area (Å²) < 4.78 is 5.52. The van der Waals surface area contributed by atoms with Crippen LogP contribution in [0.1, 0.15) is 19.2 Å². The van der Waals surface area contributed by atoms with E-state index in [4.69, 9.17) is 21.1 Å². The van der Waals surface area contributed by atoms with Crippen molar-refractivity contribution in [3.05, 3.63) is 35.2 Å². The Balaban J connectivity index is 1.84. The number of aliphatic hydroxyl groups excluding tert-OH is 1. The van der Waals surface area contributed by atoms with Crippen LogP contribution < -0.4 is 5.32 Å². The third-order valence-corrected chi connectivity index (χ3v) is 3.34. The fourth-order valence-corrected chi connectivity index (χ4v) is 1.85. The van der Waals surface area contributed by atoms with Crippen molar-refractivity contribution in [1.29, 1.82) is 0 Å². The average Bonchev–Trinajstić information content (AvgIpc) is 3.00. The molecule has 0 aliphatic heterocycles. The molecule has 7 heteroatoms. The van der Waals surface area contributed by atoms with Gasteiger partial charge in [-0.05, 0) is 30.2 Å². The molecule has 1 amide bonds. The molecule has 0 spiro atoms. The van der Waals surface area contributed by atoms with Gasteiger partial charge in [-0.2, -0.15) is 0 Å². The molecule has 1 aromatic heterocycles. The second-order valence-corrected chi connectivity index (χ2v) is 5.54. The molecule has 0 saturated carbocycles. The Morgan fingerprint density at radius 1 is 1.36 bits per heavy atom. The third-order valence-electron chi connectivity index (χ3n) is 3.08. The molecule has 0 aliphatic rings. The maximum Gasteiger partial charge on any atom is 0.247 e. The molecule has 0 bridgehead atoms. The van der Waals surface area contributed by atoms with E-state index in [1.54, 1.807) is 24.3 Å². The van der Waals surface area contributed by atoms with Crippen LogP contribution in [0.4, 0.5) is 0 Å². The molecule has 118 valence electrons. The predicted octanol–water partition coefficient (Wildman–Crippen LogP) is 2.07. The third kappa shape index (κ3) is 4.82. The lowest BCUT2D eigenvalue weighted by Gasteiger charge is -2.08. The zero-order valence-corrected chi connectivity index (χ0v) is 13.0. The summed E-state index contributed by atoms with van der Waals surface area (Å²) in [5, 5.41) is 20.2. The first-order chi connectivity index (χ1) is 10.6. The van der Waals surface area contributed by atoms with E-state index in [9.17, 15) is 4.79 Å². The second kappa shape index (κ2) is 7.91. The summed E-state index contributed by atoms with van der Waals surface area (Å²) in [7, 11) is 0. The lowest BCUT2D eigenvalue weighted by atomic mass is 10.2. The van der Waals surface area contributed by atoms with Gasteiger partial charge in [0.15, 0.2) is 0 Å². The van der Waals surface area contributed by atoms with Crippen molar-refractivity contribution < 1.29 is 14.3 Å². The molecule has 0 fully saturated rings. The van der Waals surface area contributed by atoms with E-state index < -0.39 is 0 Å². The summed E-state index contributed by atoms with van der Waals surface area (Å²) in [5.41, 5.74) is 0.782. The number of aromatic nitrogens is 2. The minimum atomic E-state index is -0.105. The Kier molecular flexibility index (Phi) is 5.91. The molecule has 0 radical (unpaired) electrons. The number of nitrogens with zero attached hydrogens (tertiary/aromatic N) is 2. The van der Waals surface area contributed by atoms with Crippen LogP contribution >= 0.6 is 11.6 Å². The summed E-state index contributed by atoms with van der Waals surface area (Å²) in [6.45, 7) is 2.36. The van der Waals surface area contributed by atoms with Gasteiger partial charge in [-0.1, -0.05) is 18.5 Å². The van der Waals surface area contributed by atoms with Crippen molar-refractivity contribution in [2.24, 2.45) is 5.92 Å². The molecule has 1 unspecified atom stereocenters. The SMILES string of the molecule is CC(CO)CNC(=O)CCc1nnc(-c2ccc(Cl)cc2)o1. The second-order valence-electron chi connectivity index (χ2n) is 5.10. The normalized spacial score (nSPS) is 12.1. The lowest BCUT2D eigenvalue weighted by Crippen LogP contribution is -2.29. The highest BCUT2D eigenvalue weighted by Gasteiger charge is 2.11. The van der Waals surface area contributed by atoms with Crippen molar-refractivity contribution in [3.8, 4) is 11.5 Å². The standard InChI is InChI=1S/C15H18ClN3O3/c1-10(9-20)8-17-13(21)6-7-14-18-19-15(22-14)11-2-4-12(16)5-3-11/h2-5,10,20H,6-9H2,1H3,(H,17,21). The van der Waals surface area contributed by atoms with Gasteiger partial charge in [0.1, 0.15) is 0 Å². The highest BCUT2D eigenvalue weighted by molar-refractivity contribution is 6.30. The monoisotopic (exact) mass is 323 g/mol. The average molecular weight is 324 g/mol. The number of rotatable bonds is 7. The maximum absolute atomic E-state index is 11.7. The first-order valence-corrected chi connectivity index (χ1v) is 7.42. The topological polar surface area (TPSA) is 88.2 Å².